The van der Waals surface area contributed by atoms with Crippen molar-refractivity contribution in [2.45, 2.75) is 19.5 Å². The Labute approximate surface area is 64.9 Å². The maximum Gasteiger partial charge on any atom is 0.212 e. The van der Waals surface area contributed by atoms with Crippen LogP contribution in [-0.4, -0.2) is 16.4 Å². The van der Waals surface area contributed by atoms with Crippen molar-refractivity contribution in [3.63, 3.8) is 0 Å². The molecule has 0 radical (unpaired) electrons. The number of ether oxygens (including phenoxy) is 1. The van der Waals surface area contributed by atoms with Crippen molar-refractivity contribution in [1.82, 2.24) is 9.78 Å². The number of nitrogens with zero attached hydrogens (tertiary/aromatic N) is 2. The van der Waals surface area contributed by atoms with Crippen LogP contribution in [0.4, 0.5) is 0 Å². The normalized spacial score (nSPS) is 15.7. The average Bonchev–Trinajstić information content (AvgIpc) is 2.46. The number of hydrogen-bond donors (Lipinski definition) is 1. The minimum absolute atomic E-state index is 0.489. The van der Waals surface area contributed by atoms with Crippen LogP contribution in [0, 0.1) is 0 Å². The van der Waals surface area contributed by atoms with Crippen molar-refractivity contribution in [2.75, 3.05) is 6.61 Å². The molecule has 1 aliphatic heterocycles. The van der Waals surface area contributed by atoms with E-state index >= 15 is 0 Å². The van der Waals surface area contributed by atoms with Crippen molar-refractivity contribution >= 4 is 0 Å². The lowest BCUT2D eigenvalue weighted by Crippen LogP contribution is -2.14. The summed E-state index contributed by atoms with van der Waals surface area (Å²) in [6.07, 6.45) is 1.04. The van der Waals surface area contributed by atoms with Crippen LogP contribution in [0.5, 0.6) is 5.88 Å². The third kappa shape index (κ3) is 1.09. The number of fused-ring (bicyclic) bond motifs is 1. The fourth-order valence-corrected chi connectivity index (χ4v) is 1.22. The van der Waals surface area contributed by atoms with Gasteiger partial charge in [-0.1, -0.05) is 0 Å². The first-order valence-corrected chi connectivity index (χ1v) is 3.80. The highest BCUT2D eigenvalue weighted by atomic mass is 16.5. The van der Waals surface area contributed by atoms with Gasteiger partial charge in [-0.2, -0.15) is 5.10 Å². The van der Waals surface area contributed by atoms with E-state index in [-0.39, 0.29) is 0 Å². The predicted molar refractivity (Wildman–Crippen MR) is 40.2 cm³/mol. The molecule has 4 heteroatoms. The van der Waals surface area contributed by atoms with E-state index in [9.17, 15) is 0 Å². The van der Waals surface area contributed by atoms with Crippen LogP contribution >= 0.6 is 0 Å². The quantitative estimate of drug-likeness (QED) is 0.623. The number of hydrogen-bond acceptors (Lipinski definition) is 3. The maximum atomic E-state index is 5.43. The zero-order chi connectivity index (χ0) is 7.68. The minimum atomic E-state index is 0.489. The summed E-state index contributed by atoms with van der Waals surface area (Å²) in [6.45, 7) is 2.24. The first kappa shape index (κ1) is 6.67. The molecule has 0 saturated carbocycles. The Balaban J connectivity index is 2.32. The lowest BCUT2D eigenvalue weighted by molar-refractivity contribution is 0.230. The summed E-state index contributed by atoms with van der Waals surface area (Å²) in [5.41, 5.74) is 6.34. The average molecular weight is 153 g/mol. The van der Waals surface area contributed by atoms with Gasteiger partial charge in [0, 0.05) is 25.6 Å². The molecule has 0 atom stereocenters. The second-order valence-corrected chi connectivity index (χ2v) is 2.60. The molecule has 0 aliphatic carbocycles. The van der Waals surface area contributed by atoms with Gasteiger partial charge in [-0.3, -0.25) is 0 Å². The van der Waals surface area contributed by atoms with Crippen molar-refractivity contribution < 1.29 is 4.74 Å². The second kappa shape index (κ2) is 2.54. The molecule has 60 valence electrons. The maximum absolute atomic E-state index is 5.43. The van der Waals surface area contributed by atoms with Gasteiger partial charge in [0.1, 0.15) is 0 Å². The standard InChI is InChI=1S/C7H11N3O/c8-5-6-4-7-10(9-6)2-1-3-11-7/h4H,1-3,5,8H2. The molecular weight excluding hydrogens is 142 g/mol. The van der Waals surface area contributed by atoms with Gasteiger partial charge in [-0.25, -0.2) is 4.68 Å². The number of nitrogens with two attached hydrogens (primary N) is 1. The zero-order valence-corrected chi connectivity index (χ0v) is 6.29. The molecule has 0 spiro atoms. The molecule has 0 unspecified atom stereocenters. The van der Waals surface area contributed by atoms with Gasteiger partial charge in [0.05, 0.1) is 12.3 Å². The van der Waals surface area contributed by atoms with Gasteiger partial charge in [0.25, 0.3) is 0 Å². The van der Waals surface area contributed by atoms with Gasteiger partial charge in [0.15, 0.2) is 0 Å². The number of aryl methyl sites for hydroxylation is 1. The molecule has 2 rings (SSSR count). The molecular formula is C7H11N3O. The molecule has 2 heterocycles. The van der Waals surface area contributed by atoms with Crippen molar-refractivity contribution in [3.05, 3.63) is 11.8 Å². The highest BCUT2D eigenvalue weighted by Gasteiger charge is 2.11. The van der Waals surface area contributed by atoms with Crippen LogP contribution in [-0.2, 0) is 13.1 Å². The summed E-state index contributed by atoms with van der Waals surface area (Å²) in [5.74, 6) is 0.858. The molecule has 0 amide bonds. The Morgan fingerprint density at radius 1 is 1.73 bits per heavy atom. The third-order valence-corrected chi connectivity index (χ3v) is 1.77. The second-order valence-electron chi connectivity index (χ2n) is 2.60. The Hall–Kier alpha value is -1.03. The van der Waals surface area contributed by atoms with E-state index in [2.05, 4.69) is 5.10 Å². The van der Waals surface area contributed by atoms with E-state index in [0.717, 1.165) is 31.1 Å². The van der Waals surface area contributed by atoms with Crippen molar-refractivity contribution in [2.24, 2.45) is 5.73 Å². The Bertz CT molecular complexity index is 233. The third-order valence-electron chi connectivity index (χ3n) is 1.77. The van der Waals surface area contributed by atoms with E-state index in [0.29, 0.717) is 6.54 Å². The van der Waals surface area contributed by atoms with E-state index in [1.807, 2.05) is 10.7 Å². The highest BCUT2D eigenvalue weighted by Crippen LogP contribution is 2.17. The van der Waals surface area contributed by atoms with Gasteiger partial charge in [-0.15, -0.1) is 0 Å². The van der Waals surface area contributed by atoms with E-state index < -0.39 is 0 Å². The fraction of sp³-hybridized carbons (Fsp3) is 0.571. The summed E-state index contributed by atoms with van der Waals surface area (Å²) >= 11 is 0. The summed E-state index contributed by atoms with van der Waals surface area (Å²) < 4.78 is 7.22. The van der Waals surface area contributed by atoms with Crippen molar-refractivity contribution in [1.29, 1.82) is 0 Å². The minimum Gasteiger partial charge on any atom is -0.478 e. The molecule has 1 aromatic heterocycles. The topological polar surface area (TPSA) is 53.1 Å². The lowest BCUT2D eigenvalue weighted by Gasteiger charge is -2.13. The van der Waals surface area contributed by atoms with Crippen LogP contribution in [0.3, 0.4) is 0 Å². The van der Waals surface area contributed by atoms with Crippen LogP contribution in [0.2, 0.25) is 0 Å². The molecule has 0 bridgehead atoms. The van der Waals surface area contributed by atoms with E-state index in [4.69, 9.17) is 10.5 Å². The van der Waals surface area contributed by atoms with E-state index in [1.54, 1.807) is 0 Å². The van der Waals surface area contributed by atoms with Gasteiger partial charge in [-0.05, 0) is 0 Å². The molecule has 1 aliphatic rings. The molecule has 11 heavy (non-hydrogen) atoms. The Morgan fingerprint density at radius 3 is 3.36 bits per heavy atom. The summed E-state index contributed by atoms with van der Waals surface area (Å²) in [6, 6.07) is 1.90. The molecule has 0 aromatic carbocycles. The zero-order valence-electron chi connectivity index (χ0n) is 6.29. The largest absolute Gasteiger partial charge is 0.478 e. The molecule has 1 aromatic rings. The van der Waals surface area contributed by atoms with Crippen molar-refractivity contribution in [3.8, 4) is 5.88 Å². The van der Waals surface area contributed by atoms with Crippen LogP contribution in [0.25, 0.3) is 0 Å². The molecule has 0 saturated heterocycles. The van der Waals surface area contributed by atoms with Gasteiger partial charge in [0.2, 0.25) is 5.88 Å². The van der Waals surface area contributed by atoms with Crippen LogP contribution < -0.4 is 10.5 Å². The molecule has 4 nitrogen and oxygen atoms in total. The van der Waals surface area contributed by atoms with E-state index in [1.165, 1.54) is 0 Å². The SMILES string of the molecule is NCc1cc2n(n1)CCCO2. The van der Waals surface area contributed by atoms with Gasteiger partial charge < -0.3 is 10.5 Å². The summed E-state index contributed by atoms with van der Waals surface area (Å²) in [5, 5.41) is 4.24. The summed E-state index contributed by atoms with van der Waals surface area (Å²) in [7, 11) is 0. The van der Waals surface area contributed by atoms with Crippen LogP contribution in [0.15, 0.2) is 6.07 Å². The smallest absolute Gasteiger partial charge is 0.212 e. The summed E-state index contributed by atoms with van der Waals surface area (Å²) in [4.78, 5) is 0. The number of rotatable bonds is 1. The predicted octanol–water partition coefficient (Wildman–Crippen LogP) is 0.124. The Kier molecular flexibility index (Phi) is 1.54. The first-order chi connectivity index (χ1) is 5.40. The van der Waals surface area contributed by atoms with Gasteiger partial charge >= 0.3 is 0 Å². The highest BCUT2D eigenvalue weighted by molar-refractivity contribution is 5.16. The monoisotopic (exact) mass is 153 g/mol. The number of aromatic nitrogens is 2. The van der Waals surface area contributed by atoms with Crippen LogP contribution in [0.1, 0.15) is 12.1 Å². The first-order valence-electron chi connectivity index (χ1n) is 3.80. The lowest BCUT2D eigenvalue weighted by atomic mass is 10.4. The fourth-order valence-electron chi connectivity index (χ4n) is 1.22. The molecule has 0 fully saturated rings. The molecule has 2 N–H and O–H groups in total. The Morgan fingerprint density at radius 2 is 2.64 bits per heavy atom.